The van der Waals surface area contributed by atoms with Crippen LogP contribution in [0.15, 0.2) is 35.2 Å². The first-order valence-electron chi connectivity index (χ1n) is 6.87. The van der Waals surface area contributed by atoms with Crippen molar-refractivity contribution in [2.45, 2.75) is 30.2 Å². The SMILES string of the molecule is CON(C)C(=O)[C@H]1CCCCN1S(=O)(=O)c1ccccc1. The molecule has 1 aliphatic rings. The van der Waals surface area contributed by atoms with Crippen molar-refractivity contribution < 1.29 is 18.0 Å². The maximum absolute atomic E-state index is 12.7. The zero-order chi connectivity index (χ0) is 15.5. The first-order valence-corrected chi connectivity index (χ1v) is 8.31. The third kappa shape index (κ3) is 3.25. The second-order valence-electron chi connectivity index (χ2n) is 4.96. The zero-order valence-corrected chi connectivity index (χ0v) is 13.0. The molecule has 0 N–H and O–H groups in total. The first-order chi connectivity index (χ1) is 9.98. The van der Waals surface area contributed by atoms with E-state index in [4.69, 9.17) is 4.84 Å². The summed E-state index contributed by atoms with van der Waals surface area (Å²) in [6.45, 7) is 0.352. The summed E-state index contributed by atoms with van der Waals surface area (Å²) in [5.74, 6) is -0.336. The predicted molar refractivity (Wildman–Crippen MR) is 77.8 cm³/mol. The summed E-state index contributed by atoms with van der Waals surface area (Å²) >= 11 is 0. The third-order valence-corrected chi connectivity index (χ3v) is 5.60. The van der Waals surface area contributed by atoms with Crippen molar-refractivity contribution in [2.24, 2.45) is 0 Å². The van der Waals surface area contributed by atoms with Gasteiger partial charge in [-0.3, -0.25) is 9.63 Å². The van der Waals surface area contributed by atoms with Gasteiger partial charge in [-0.25, -0.2) is 13.5 Å². The maximum atomic E-state index is 12.7. The summed E-state index contributed by atoms with van der Waals surface area (Å²) in [6, 6.07) is 7.51. The highest BCUT2D eigenvalue weighted by Crippen LogP contribution is 2.26. The van der Waals surface area contributed by atoms with E-state index in [9.17, 15) is 13.2 Å². The van der Waals surface area contributed by atoms with Gasteiger partial charge in [-0.1, -0.05) is 24.6 Å². The number of rotatable bonds is 4. The minimum atomic E-state index is -3.67. The van der Waals surface area contributed by atoms with E-state index in [1.807, 2.05) is 0 Å². The van der Waals surface area contributed by atoms with Gasteiger partial charge in [-0.15, -0.1) is 0 Å². The molecular formula is C14H20N2O4S. The van der Waals surface area contributed by atoms with Crippen molar-refractivity contribution in [1.29, 1.82) is 0 Å². The summed E-state index contributed by atoms with van der Waals surface area (Å²) in [5.41, 5.74) is 0. The van der Waals surface area contributed by atoms with Crippen LogP contribution in [0.5, 0.6) is 0 Å². The van der Waals surface area contributed by atoms with E-state index in [1.165, 1.54) is 18.5 Å². The molecule has 0 unspecified atom stereocenters. The van der Waals surface area contributed by atoms with E-state index >= 15 is 0 Å². The smallest absolute Gasteiger partial charge is 0.264 e. The Bertz CT molecular complexity index is 588. The van der Waals surface area contributed by atoms with Crippen LogP contribution >= 0.6 is 0 Å². The minimum Gasteiger partial charge on any atom is -0.275 e. The van der Waals surface area contributed by atoms with Gasteiger partial charge in [0.05, 0.1) is 12.0 Å². The minimum absolute atomic E-state index is 0.213. The van der Waals surface area contributed by atoms with Crippen LogP contribution < -0.4 is 0 Å². The van der Waals surface area contributed by atoms with Gasteiger partial charge >= 0.3 is 0 Å². The Balaban J connectivity index is 2.33. The van der Waals surface area contributed by atoms with E-state index in [0.717, 1.165) is 17.9 Å². The number of carbonyl (C=O) groups excluding carboxylic acids is 1. The highest BCUT2D eigenvalue weighted by molar-refractivity contribution is 7.89. The van der Waals surface area contributed by atoms with Gasteiger partial charge in [0, 0.05) is 13.6 Å². The predicted octanol–water partition coefficient (Wildman–Crippen LogP) is 1.25. The summed E-state index contributed by atoms with van der Waals surface area (Å²) in [6.07, 6.45) is 2.10. The molecule has 7 heteroatoms. The van der Waals surface area contributed by atoms with Gasteiger partial charge in [-0.05, 0) is 25.0 Å². The molecule has 1 aromatic rings. The van der Waals surface area contributed by atoms with Gasteiger partial charge < -0.3 is 0 Å². The number of benzene rings is 1. The van der Waals surface area contributed by atoms with Crippen LogP contribution in [0, 0.1) is 0 Å². The van der Waals surface area contributed by atoms with Crippen molar-refractivity contribution in [1.82, 2.24) is 9.37 Å². The topological polar surface area (TPSA) is 66.9 Å². The van der Waals surface area contributed by atoms with Gasteiger partial charge in [-0.2, -0.15) is 4.31 Å². The van der Waals surface area contributed by atoms with E-state index < -0.39 is 16.1 Å². The number of hydrogen-bond acceptors (Lipinski definition) is 4. The second kappa shape index (κ2) is 6.55. The van der Waals surface area contributed by atoms with E-state index in [1.54, 1.807) is 30.3 Å². The van der Waals surface area contributed by atoms with Crippen LogP contribution in [0.3, 0.4) is 0 Å². The summed E-state index contributed by atoms with van der Waals surface area (Å²) in [7, 11) is -0.792. The van der Waals surface area contributed by atoms with E-state index in [-0.39, 0.29) is 10.8 Å². The lowest BCUT2D eigenvalue weighted by Gasteiger charge is -2.35. The normalized spacial score (nSPS) is 20.2. The molecule has 1 saturated heterocycles. The van der Waals surface area contributed by atoms with Crippen LogP contribution in [0.25, 0.3) is 0 Å². The average molecular weight is 312 g/mol. The largest absolute Gasteiger partial charge is 0.275 e. The third-order valence-electron chi connectivity index (χ3n) is 3.67. The number of nitrogens with zero attached hydrogens (tertiary/aromatic N) is 2. The second-order valence-corrected chi connectivity index (χ2v) is 6.85. The van der Waals surface area contributed by atoms with Gasteiger partial charge in [0.2, 0.25) is 10.0 Å². The molecule has 0 radical (unpaired) electrons. The quantitative estimate of drug-likeness (QED) is 0.785. The average Bonchev–Trinajstić information content (AvgIpc) is 2.54. The molecule has 6 nitrogen and oxygen atoms in total. The van der Waals surface area contributed by atoms with Crippen LogP contribution in [0.1, 0.15) is 19.3 Å². The molecule has 1 fully saturated rings. The molecule has 21 heavy (non-hydrogen) atoms. The molecule has 0 aromatic heterocycles. The monoisotopic (exact) mass is 312 g/mol. The first kappa shape index (κ1) is 15.9. The molecule has 1 atom stereocenters. The van der Waals surface area contributed by atoms with E-state index in [0.29, 0.717) is 13.0 Å². The lowest BCUT2D eigenvalue weighted by Crippen LogP contribution is -2.51. The molecule has 0 aliphatic carbocycles. The molecule has 0 saturated carbocycles. The lowest BCUT2D eigenvalue weighted by atomic mass is 10.0. The Kier molecular flexibility index (Phi) is 4.97. The molecule has 116 valence electrons. The van der Waals surface area contributed by atoms with Crippen LogP contribution in [-0.2, 0) is 19.7 Å². The number of hydrogen-bond donors (Lipinski definition) is 0. The van der Waals surface area contributed by atoms with Crippen LogP contribution in [0.2, 0.25) is 0 Å². The number of hydroxylamine groups is 2. The number of amides is 1. The molecule has 1 amide bonds. The number of piperidine rings is 1. The van der Waals surface area contributed by atoms with Crippen molar-refractivity contribution in [3.63, 3.8) is 0 Å². The van der Waals surface area contributed by atoms with Crippen molar-refractivity contribution in [3.05, 3.63) is 30.3 Å². The Hall–Kier alpha value is -1.44. The number of likely N-dealkylation sites (N-methyl/N-ethyl adjacent to an activating group) is 1. The fraction of sp³-hybridized carbons (Fsp3) is 0.500. The molecule has 1 aromatic carbocycles. The van der Waals surface area contributed by atoms with Crippen LogP contribution in [0.4, 0.5) is 0 Å². The number of sulfonamides is 1. The standard InChI is InChI=1S/C14H20N2O4S/c1-15(20-2)14(17)13-10-6-7-11-16(13)21(18,19)12-8-4-3-5-9-12/h3-5,8-9,13H,6-7,10-11H2,1-2H3/t13-/m1/s1. The zero-order valence-electron chi connectivity index (χ0n) is 12.2. The van der Waals surface area contributed by atoms with Gasteiger partial charge in [0.15, 0.2) is 0 Å². The fourth-order valence-corrected chi connectivity index (χ4v) is 4.14. The molecule has 2 rings (SSSR count). The molecule has 1 heterocycles. The van der Waals surface area contributed by atoms with Gasteiger partial charge in [0.1, 0.15) is 6.04 Å². The summed E-state index contributed by atoms with van der Waals surface area (Å²) < 4.78 is 26.8. The number of carbonyl (C=O) groups is 1. The fourth-order valence-electron chi connectivity index (χ4n) is 2.47. The van der Waals surface area contributed by atoms with Crippen LogP contribution in [-0.4, -0.2) is 50.4 Å². The summed E-state index contributed by atoms with van der Waals surface area (Å²) in [5, 5.41) is 1.09. The molecular weight excluding hydrogens is 292 g/mol. The Morgan fingerprint density at radius 2 is 1.95 bits per heavy atom. The van der Waals surface area contributed by atoms with E-state index in [2.05, 4.69) is 0 Å². The lowest BCUT2D eigenvalue weighted by molar-refractivity contribution is -0.173. The molecule has 1 aliphatic heterocycles. The molecule has 0 spiro atoms. The summed E-state index contributed by atoms with van der Waals surface area (Å²) in [4.78, 5) is 17.4. The highest BCUT2D eigenvalue weighted by Gasteiger charge is 2.38. The van der Waals surface area contributed by atoms with Crippen molar-refractivity contribution in [2.75, 3.05) is 20.7 Å². The van der Waals surface area contributed by atoms with Crippen molar-refractivity contribution >= 4 is 15.9 Å². The molecule has 0 bridgehead atoms. The Labute approximate surface area is 125 Å². The highest BCUT2D eigenvalue weighted by atomic mass is 32.2. The van der Waals surface area contributed by atoms with Gasteiger partial charge in [0.25, 0.3) is 5.91 Å². The maximum Gasteiger partial charge on any atom is 0.264 e. The van der Waals surface area contributed by atoms with Crippen molar-refractivity contribution in [3.8, 4) is 0 Å². The Morgan fingerprint density at radius 1 is 1.29 bits per heavy atom. The Morgan fingerprint density at radius 3 is 2.57 bits per heavy atom.